The molecule has 0 aliphatic heterocycles. The van der Waals surface area contributed by atoms with E-state index in [9.17, 15) is 18.0 Å². The predicted molar refractivity (Wildman–Crippen MR) is 175 cm³/mol. The Morgan fingerprint density at radius 1 is 0.795 bits per heavy atom. The summed E-state index contributed by atoms with van der Waals surface area (Å²) in [5.74, 6) is -0.611. The van der Waals surface area contributed by atoms with Gasteiger partial charge in [-0.1, -0.05) is 98.8 Å². The molecule has 1 atom stereocenters. The molecule has 8 nitrogen and oxygen atoms in total. The molecule has 44 heavy (non-hydrogen) atoms. The first-order valence-corrected chi connectivity index (χ1v) is 16.4. The molecule has 1 aromatic heterocycles. The van der Waals surface area contributed by atoms with Gasteiger partial charge in [-0.15, -0.1) is 11.3 Å². The molecule has 5 rings (SSSR count). The number of amides is 3. The number of sulfonamides is 1. The summed E-state index contributed by atoms with van der Waals surface area (Å²) in [6, 6.07) is 30.8. The molecule has 1 heterocycles. The third-order valence-corrected chi connectivity index (χ3v) is 9.21. The highest BCUT2D eigenvalue weighted by Crippen LogP contribution is 2.29. The summed E-state index contributed by atoms with van der Waals surface area (Å²) >= 11 is 1.55. The average molecular weight is 625 g/mol. The van der Waals surface area contributed by atoms with Crippen molar-refractivity contribution in [1.82, 2.24) is 15.0 Å². The van der Waals surface area contributed by atoms with Crippen LogP contribution in [-0.4, -0.2) is 31.4 Å². The van der Waals surface area contributed by atoms with Crippen LogP contribution in [0, 0.1) is 0 Å². The van der Waals surface area contributed by atoms with Crippen LogP contribution in [0.2, 0.25) is 0 Å². The van der Waals surface area contributed by atoms with Crippen LogP contribution in [0.1, 0.15) is 30.9 Å². The summed E-state index contributed by atoms with van der Waals surface area (Å²) < 4.78 is 28.2. The third kappa shape index (κ3) is 7.77. The van der Waals surface area contributed by atoms with Gasteiger partial charge in [-0.3, -0.25) is 4.79 Å². The Kier molecular flexibility index (Phi) is 9.52. The fourth-order valence-corrected chi connectivity index (χ4v) is 6.38. The molecule has 0 spiro atoms. The Balaban J connectivity index is 1.26. The minimum atomic E-state index is -4.16. The number of thiazole rings is 1. The quantitative estimate of drug-likeness (QED) is 0.157. The Morgan fingerprint density at radius 3 is 2.07 bits per heavy atom. The molecule has 4 aromatic carbocycles. The molecule has 1 unspecified atom stereocenters. The van der Waals surface area contributed by atoms with Gasteiger partial charge in [-0.2, -0.15) is 0 Å². The summed E-state index contributed by atoms with van der Waals surface area (Å²) in [4.78, 5) is 31.0. The van der Waals surface area contributed by atoms with Crippen molar-refractivity contribution in [2.45, 2.75) is 37.1 Å². The highest BCUT2D eigenvalue weighted by Gasteiger charge is 2.26. The van der Waals surface area contributed by atoms with Crippen molar-refractivity contribution in [2.75, 3.05) is 5.32 Å². The molecule has 0 fully saturated rings. The fraction of sp³-hybridized carbons (Fsp3) is 0.147. The van der Waals surface area contributed by atoms with Gasteiger partial charge in [0.2, 0.25) is 0 Å². The van der Waals surface area contributed by atoms with Gasteiger partial charge < -0.3 is 10.6 Å². The Labute approximate surface area is 261 Å². The molecule has 224 valence electrons. The zero-order valence-electron chi connectivity index (χ0n) is 24.2. The topological polar surface area (TPSA) is 117 Å². The van der Waals surface area contributed by atoms with E-state index in [1.54, 1.807) is 47.7 Å². The number of carbonyl (C=O) groups excluding carboxylic acids is 2. The fourth-order valence-electron chi connectivity index (χ4n) is 4.52. The summed E-state index contributed by atoms with van der Waals surface area (Å²) in [6.07, 6.45) is 0.0917. The van der Waals surface area contributed by atoms with Crippen LogP contribution in [0.15, 0.2) is 119 Å². The molecule has 3 N–H and O–H groups in total. The lowest BCUT2D eigenvalue weighted by molar-refractivity contribution is -0.121. The highest BCUT2D eigenvalue weighted by molar-refractivity contribution is 7.90. The van der Waals surface area contributed by atoms with Crippen molar-refractivity contribution < 1.29 is 18.0 Å². The van der Waals surface area contributed by atoms with Gasteiger partial charge in [0.1, 0.15) is 11.0 Å². The molecule has 10 heteroatoms. The molecular formula is C34H32N4O4S2. The van der Waals surface area contributed by atoms with Gasteiger partial charge in [0.25, 0.3) is 15.9 Å². The van der Waals surface area contributed by atoms with Crippen molar-refractivity contribution >= 4 is 39.0 Å². The molecule has 0 aliphatic rings. The maximum absolute atomic E-state index is 13.3. The molecule has 5 aromatic rings. The number of urea groups is 1. The second-order valence-corrected chi connectivity index (χ2v) is 13.1. The Bertz CT molecular complexity index is 1820. The van der Waals surface area contributed by atoms with E-state index in [0.29, 0.717) is 5.69 Å². The number of benzene rings is 4. The van der Waals surface area contributed by atoms with Crippen LogP contribution in [-0.2, 0) is 21.2 Å². The number of hydrogen-bond acceptors (Lipinski definition) is 6. The molecule has 0 saturated carbocycles. The Hall–Kier alpha value is -4.80. The van der Waals surface area contributed by atoms with Gasteiger partial charge in [0.15, 0.2) is 0 Å². The molecule has 0 radical (unpaired) electrons. The van der Waals surface area contributed by atoms with Crippen LogP contribution < -0.4 is 15.4 Å². The number of hydrogen-bond donors (Lipinski definition) is 3. The number of nitrogens with one attached hydrogen (secondary N) is 3. The smallest absolute Gasteiger partial charge is 0.319 e. The van der Waals surface area contributed by atoms with E-state index in [0.717, 1.165) is 33.0 Å². The zero-order chi connectivity index (χ0) is 31.1. The number of nitrogens with zero attached hydrogens (tertiary/aromatic N) is 1. The first-order valence-electron chi connectivity index (χ1n) is 14.1. The molecule has 0 aliphatic carbocycles. The van der Waals surface area contributed by atoms with E-state index in [-0.39, 0.29) is 17.2 Å². The second-order valence-electron chi connectivity index (χ2n) is 10.5. The summed E-state index contributed by atoms with van der Waals surface area (Å²) in [7, 11) is -4.16. The van der Waals surface area contributed by atoms with Gasteiger partial charge in [-0.25, -0.2) is 22.9 Å². The summed E-state index contributed by atoms with van der Waals surface area (Å²) in [5, 5.41) is 8.28. The van der Waals surface area contributed by atoms with Gasteiger partial charge in [-0.05, 0) is 41.3 Å². The van der Waals surface area contributed by atoms with Crippen molar-refractivity contribution in [2.24, 2.45) is 0 Å². The maximum Gasteiger partial charge on any atom is 0.319 e. The van der Waals surface area contributed by atoms with E-state index in [1.165, 1.54) is 12.1 Å². The van der Waals surface area contributed by atoms with Crippen LogP contribution >= 0.6 is 11.3 Å². The SMILES string of the molecule is CC(C)c1ccc(S(=O)(=O)NC(=O)C(Cc2ccccc2)NC(=O)Nc2ccc(-c3csc(-c4ccccc4)n3)cc2)cc1. The van der Waals surface area contributed by atoms with Crippen LogP contribution in [0.25, 0.3) is 21.8 Å². The molecule has 0 saturated heterocycles. The van der Waals surface area contributed by atoms with Gasteiger partial charge in [0, 0.05) is 28.6 Å². The first-order chi connectivity index (χ1) is 21.2. The maximum atomic E-state index is 13.3. The second kappa shape index (κ2) is 13.7. The largest absolute Gasteiger partial charge is 0.326 e. The van der Waals surface area contributed by atoms with E-state index >= 15 is 0 Å². The Morgan fingerprint density at radius 2 is 1.43 bits per heavy atom. The highest BCUT2D eigenvalue weighted by atomic mass is 32.2. The minimum Gasteiger partial charge on any atom is -0.326 e. The molecule has 3 amide bonds. The molecular weight excluding hydrogens is 593 g/mol. The van der Waals surface area contributed by atoms with E-state index in [2.05, 4.69) is 15.4 Å². The van der Waals surface area contributed by atoms with Crippen molar-refractivity contribution in [3.8, 4) is 21.8 Å². The van der Waals surface area contributed by atoms with Crippen LogP contribution in [0.4, 0.5) is 10.5 Å². The third-order valence-electron chi connectivity index (χ3n) is 6.96. The van der Waals surface area contributed by atoms with Crippen LogP contribution in [0.3, 0.4) is 0 Å². The van der Waals surface area contributed by atoms with E-state index in [4.69, 9.17) is 4.98 Å². The van der Waals surface area contributed by atoms with Gasteiger partial charge in [0.05, 0.1) is 10.6 Å². The lowest BCUT2D eigenvalue weighted by Gasteiger charge is -2.19. The zero-order valence-corrected chi connectivity index (χ0v) is 25.9. The number of rotatable bonds is 10. The summed E-state index contributed by atoms with van der Waals surface area (Å²) in [5.41, 5.74) is 5.00. The number of anilines is 1. The van der Waals surface area contributed by atoms with Crippen molar-refractivity contribution in [3.63, 3.8) is 0 Å². The van der Waals surface area contributed by atoms with E-state index < -0.39 is 28.0 Å². The normalized spacial score (nSPS) is 12.0. The van der Waals surface area contributed by atoms with Crippen molar-refractivity contribution in [1.29, 1.82) is 0 Å². The predicted octanol–water partition coefficient (Wildman–Crippen LogP) is 6.84. The number of carbonyl (C=O) groups is 2. The lowest BCUT2D eigenvalue weighted by atomic mass is 10.0. The average Bonchev–Trinajstić information content (AvgIpc) is 3.52. The van der Waals surface area contributed by atoms with Crippen molar-refractivity contribution in [3.05, 3.63) is 126 Å². The standard InChI is InChI=1S/C34H32N4O4S2/c1-23(2)25-15-19-29(20-16-25)44(41,42)38-32(39)30(21-24-9-5-3-6-10-24)37-34(40)35-28-17-13-26(14-18-28)31-22-43-33(36-31)27-11-7-4-8-12-27/h3-20,22-23,30H,21H2,1-2H3,(H,38,39)(H2,35,37,40). The molecule has 0 bridgehead atoms. The van der Waals surface area contributed by atoms with Crippen LogP contribution in [0.5, 0.6) is 0 Å². The first kappa shape index (κ1) is 30.7. The van der Waals surface area contributed by atoms with Gasteiger partial charge >= 0.3 is 6.03 Å². The van der Waals surface area contributed by atoms with E-state index in [1.807, 2.05) is 79.9 Å². The lowest BCUT2D eigenvalue weighted by Crippen LogP contribution is -2.50. The minimum absolute atomic E-state index is 0.0331. The monoisotopic (exact) mass is 624 g/mol. The number of aromatic nitrogens is 1. The summed E-state index contributed by atoms with van der Waals surface area (Å²) in [6.45, 7) is 4.01.